The topological polar surface area (TPSA) is 81.4 Å². The Labute approximate surface area is 149 Å². The van der Waals surface area contributed by atoms with Gasteiger partial charge in [-0.05, 0) is 37.3 Å². The molecule has 2 amide bonds. The number of hydrogen-bond donors (Lipinski definition) is 2. The fourth-order valence-corrected chi connectivity index (χ4v) is 2.80. The van der Waals surface area contributed by atoms with Gasteiger partial charge in [-0.3, -0.25) is 9.59 Å². The van der Waals surface area contributed by atoms with Crippen LogP contribution in [0.3, 0.4) is 0 Å². The molecule has 7 heteroatoms. The highest BCUT2D eigenvalue weighted by Crippen LogP contribution is 2.27. The predicted octanol–water partition coefficient (Wildman–Crippen LogP) is 3.32. The Bertz CT molecular complexity index is 739. The van der Waals surface area contributed by atoms with E-state index < -0.39 is 12.0 Å². The first-order valence-electron chi connectivity index (χ1n) is 7.19. The van der Waals surface area contributed by atoms with E-state index in [9.17, 15) is 9.59 Å². The Hall–Kier alpha value is -2.18. The average Bonchev–Trinajstić information content (AvgIpc) is 2.54. The lowest BCUT2D eigenvalue weighted by molar-refractivity contribution is -0.122. The van der Waals surface area contributed by atoms with Gasteiger partial charge < -0.3 is 15.8 Å². The van der Waals surface area contributed by atoms with E-state index in [0.29, 0.717) is 16.5 Å². The molecule has 1 atom stereocenters. The molecule has 0 saturated carbocycles. The Kier molecular flexibility index (Phi) is 6.52. The second kappa shape index (κ2) is 8.61. The number of primary amides is 1. The quantitative estimate of drug-likeness (QED) is 0.738. The third-order valence-electron chi connectivity index (χ3n) is 2.99. The van der Waals surface area contributed by atoms with Crippen LogP contribution in [0.25, 0.3) is 0 Å². The Balaban J connectivity index is 2.02. The van der Waals surface area contributed by atoms with E-state index in [1.54, 1.807) is 43.3 Å². The highest BCUT2D eigenvalue weighted by atomic mass is 35.5. The largest absolute Gasteiger partial charge is 0.481 e. The van der Waals surface area contributed by atoms with Crippen LogP contribution >= 0.6 is 23.4 Å². The number of rotatable bonds is 7. The Morgan fingerprint density at radius 1 is 1.25 bits per heavy atom. The van der Waals surface area contributed by atoms with Gasteiger partial charge in [-0.25, -0.2) is 0 Å². The number of nitrogens with two attached hydrogens (primary N) is 1. The van der Waals surface area contributed by atoms with Crippen LogP contribution in [0.2, 0.25) is 5.02 Å². The second-order valence-electron chi connectivity index (χ2n) is 4.96. The summed E-state index contributed by atoms with van der Waals surface area (Å²) >= 11 is 7.16. The van der Waals surface area contributed by atoms with Crippen molar-refractivity contribution in [2.24, 2.45) is 5.73 Å². The van der Waals surface area contributed by atoms with Gasteiger partial charge in [-0.2, -0.15) is 0 Å². The van der Waals surface area contributed by atoms with Gasteiger partial charge >= 0.3 is 0 Å². The van der Waals surface area contributed by atoms with Crippen LogP contribution < -0.4 is 15.8 Å². The van der Waals surface area contributed by atoms with Crippen molar-refractivity contribution in [3.05, 3.63) is 53.6 Å². The molecule has 0 aliphatic rings. The molecule has 0 saturated heterocycles. The predicted molar refractivity (Wildman–Crippen MR) is 96.5 cm³/mol. The fourth-order valence-electron chi connectivity index (χ4n) is 1.88. The molecule has 0 heterocycles. The number of para-hydroxylation sites is 1. The minimum Gasteiger partial charge on any atom is -0.481 e. The number of benzene rings is 2. The summed E-state index contributed by atoms with van der Waals surface area (Å²) in [5, 5.41) is 3.33. The maximum atomic E-state index is 12.3. The first-order valence-corrected chi connectivity index (χ1v) is 8.55. The Morgan fingerprint density at radius 3 is 2.71 bits per heavy atom. The molecular formula is C17H17ClN2O3S. The summed E-state index contributed by atoms with van der Waals surface area (Å²) in [6.45, 7) is 1.65. The third kappa shape index (κ3) is 5.47. The van der Waals surface area contributed by atoms with Crippen molar-refractivity contribution < 1.29 is 14.3 Å². The average molecular weight is 365 g/mol. The van der Waals surface area contributed by atoms with Gasteiger partial charge in [-0.15, -0.1) is 11.8 Å². The summed E-state index contributed by atoms with van der Waals surface area (Å²) in [5.41, 5.74) is 5.77. The molecule has 0 fully saturated rings. The molecule has 2 aromatic carbocycles. The summed E-state index contributed by atoms with van der Waals surface area (Å²) in [6.07, 6.45) is -0.710. The maximum Gasteiger partial charge on any atom is 0.265 e. The van der Waals surface area contributed by atoms with Gasteiger partial charge in [0, 0.05) is 9.92 Å². The van der Waals surface area contributed by atoms with Crippen molar-refractivity contribution in [1.29, 1.82) is 0 Å². The van der Waals surface area contributed by atoms with Gasteiger partial charge in [0.05, 0.1) is 11.4 Å². The summed E-state index contributed by atoms with van der Waals surface area (Å²) in [4.78, 5) is 24.0. The lowest BCUT2D eigenvalue weighted by atomic mass is 10.3. The molecule has 2 rings (SSSR count). The monoisotopic (exact) mass is 364 g/mol. The summed E-state index contributed by atoms with van der Waals surface area (Å²) in [7, 11) is 0. The Morgan fingerprint density at radius 2 is 2.00 bits per heavy atom. The molecule has 0 spiro atoms. The standard InChI is InChI=1S/C17H17ClN2O3S/c1-11(23-13-6-4-5-12(18)9-13)17(22)20-14-7-2-3-8-15(14)24-10-16(19)21/h2-9,11H,10H2,1H3,(H2,19,21)(H,20,22). The zero-order valence-corrected chi connectivity index (χ0v) is 14.6. The minimum atomic E-state index is -0.710. The molecule has 1 unspecified atom stereocenters. The zero-order chi connectivity index (χ0) is 17.5. The van der Waals surface area contributed by atoms with Crippen LogP contribution in [0, 0.1) is 0 Å². The van der Waals surface area contributed by atoms with E-state index in [-0.39, 0.29) is 11.7 Å². The van der Waals surface area contributed by atoms with Gasteiger partial charge in [0.1, 0.15) is 5.75 Å². The molecule has 126 valence electrons. The molecule has 0 aliphatic carbocycles. The first-order chi connectivity index (χ1) is 11.5. The van der Waals surface area contributed by atoms with Crippen molar-refractivity contribution >= 4 is 40.9 Å². The highest BCUT2D eigenvalue weighted by molar-refractivity contribution is 8.00. The van der Waals surface area contributed by atoms with Crippen molar-refractivity contribution in [2.45, 2.75) is 17.9 Å². The van der Waals surface area contributed by atoms with Crippen LogP contribution in [0.15, 0.2) is 53.4 Å². The normalized spacial score (nSPS) is 11.6. The van der Waals surface area contributed by atoms with Gasteiger partial charge in [0.2, 0.25) is 5.91 Å². The number of ether oxygens (including phenoxy) is 1. The number of anilines is 1. The second-order valence-corrected chi connectivity index (χ2v) is 6.41. The van der Waals surface area contributed by atoms with Crippen molar-refractivity contribution in [2.75, 3.05) is 11.1 Å². The van der Waals surface area contributed by atoms with Crippen LogP contribution in [0.4, 0.5) is 5.69 Å². The number of nitrogens with one attached hydrogen (secondary N) is 1. The molecule has 0 bridgehead atoms. The summed E-state index contributed by atoms with van der Waals surface area (Å²) in [6, 6.07) is 14.0. The van der Waals surface area contributed by atoms with E-state index in [0.717, 1.165) is 4.90 Å². The number of thioether (sulfide) groups is 1. The molecule has 5 nitrogen and oxygen atoms in total. The lowest BCUT2D eigenvalue weighted by Crippen LogP contribution is -2.30. The van der Waals surface area contributed by atoms with Crippen molar-refractivity contribution in [3.8, 4) is 5.75 Å². The van der Waals surface area contributed by atoms with Crippen molar-refractivity contribution in [3.63, 3.8) is 0 Å². The zero-order valence-electron chi connectivity index (χ0n) is 13.0. The summed E-state index contributed by atoms with van der Waals surface area (Å²) < 4.78 is 5.59. The number of carbonyl (C=O) groups excluding carboxylic acids is 2. The van der Waals surface area contributed by atoms with Gasteiger partial charge in [-0.1, -0.05) is 29.8 Å². The summed E-state index contributed by atoms with van der Waals surface area (Å²) in [5.74, 6) is -0.0658. The van der Waals surface area contributed by atoms with Crippen LogP contribution in [0.1, 0.15) is 6.92 Å². The van der Waals surface area contributed by atoms with Gasteiger partial charge in [0.15, 0.2) is 6.10 Å². The minimum absolute atomic E-state index is 0.140. The number of carbonyl (C=O) groups is 2. The molecule has 2 aromatic rings. The molecule has 3 N–H and O–H groups in total. The van der Waals surface area contributed by atoms with E-state index in [1.165, 1.54) is 11.8 Å². The first kappa shape index (κ1) is 18.2. The molecule has 0 aromatic heterocycles. The van der Waals surface area contributed by atoms with Gasteiger partial charge in [0.25, 0.3) is 5.91 Å². The highest BCUT2D eigenvalue weighted by Gasteiger charge is 2.16. The number of amides is 2. The van der Waals surface area contributed by atoms with Crippen LogP contribution in [-0.2, 0) is 9.59 Å². The van der Waals surface area contributed by atoms with Crippen LogP contribution in [0.5, 0.6) is 5.75 Å². The maximum absolute atomic E-state index is 12.3. The van der Waals surface area contributed by atoms with Crippen molar-refractivity contribution in [1.82, 2.24) is 0 Å². The molecule has 24 heavy (non-hydrogen) atoms. The lowest BCUT2D eigenvalue weighted by Gasteiger charge is -2.16. The number of hydrogen-bond acceptors (Lipinski definition) is 4. The SMILES string of the molecule is CC(Oc1cccc(Cl)c1)C(=O)Nc1ccccc1SCC(N)=O. The fraction of sp³-hybridized carbons (Fsp3) is 0.176. The van der Waals surface area contributed by atoms with E-state index in [1.807, 2.05) is 12.1 Å². The van der Waals surface area contributed by atoms with E-state index >= 15 is 0 Å². The molecule has 0 aliphatic heterocycles. The van der Waals surface area contributed by atoms with E-state index in [4.69, 9.17) is 22.1 Å². The third-order valence-corrected chi connectivity index (χ3v) is 4.32. The van der Waals surface area contributed by atoms with Crippen LogP contribution in [-0.4, -0.2) is 23.7 Å². The smallest absolute Gasteiger partial charge is 0.265 e. The van der Waals surface area contributed by atoms with E-state index in [2.05, 4.69) is 5.32 Å². The molecule has 0 radical (unpaired) electrons. The molecular weight excluding hydrogens is 348 g/mol. The number of halogens is 1.